The zero-order chi connectivity index (χ0) is 14.9. The molecule has 0 amide bonds. The number of nitrogens with zero attached hydrogens (tertiary/aromatic N) is 2. The van der Waals surface area contributed by atoms with Crippen molar-refractivity contribution in [2.24, 2.45) is 5.92 Å². The molecule has 0 bridgehead atoms. The quantitative estimate of drug-likeness (QED) is 0.879. The Morgan fingerprint density at radius 2 is 2.10 bits per heavy atom. The van der Waals surface area contributed by atoms with Crippen molar-refractivity contribution in [3.8, 4) is 0 Å². The fourth-order valence-electron chi connectivity index (χ4n) is 1.65. The van der Waals surface area contributed by atoms with Crippen LogP contribution in [0.4, 0.5) is 0 Å². The smallest absolute Gasteiger partial charge is 0.250 e. The molecule has 0 fully saturated rings. The highest BCUT2D eigenvalue weighted by molar-refractivity contribution is 7.91. The third-order valence-electron chi connectivity index (χ3n) is 2.65. The van der Waals surface area contributed by atoms with Gasteiger partial charge in [-0.25, -0.2) is 13.4 Å². The van der Waals surface area contributed by atoms with Gasteiger partial charge in [0.15, 0.2) is 5.82 Å². The molecule has 6 nitrogen and oxygen atoms in total. The molecule has 2 N–H and O–H groups in total. The van der Waals surface area contributed by atoms with Gasteiger partial charge in [-0.1, -0.05) is 25.4 Å². The van der Waals surface area contributed by atoms with Crippen LogP contribution in [0.15, 0.2) is 16.3 Å². The molecule has 0 radical (unpaired) electrons. The van der Waals surface area contributed by atoms with Gasteiger partial charge in [0.25, 0.3) is 10.0 Å². The van der Waals surface area contributed by atoms with Crippen molar-refractivity contribution >= 4 is 33.0 Å². The first kappa shape index (κ1) is 15.4. The van der Waals surface area contributed by atoms with Gasteiger partial charge in [-0.15, -0.1) is 11.3 Å². The number of H-pyrrole nitrogens is 1. The Hall–Kier alpha value is -0.960. The maximum Gasteiger partial charge on any atom is 0.250 e. The molecule has 0 aromatic carbocycles. The van der Waals surface area contributed by atoms with Crippen LogP contribution in [0.25, 0.3) is 0 Å². The van der Waals surface area contributed by atoms with Crippen LogP contribution in [0.2, 0.25) is 4.34 Å². The third kappa shape index (κ3) is 3.38. The molecule has 9 heteroatoms. The van der Waals surface area contributed by atoms with Crippen LogP contribution in [0.3, 0.4) is 0 Å². The molecule has 1 atom stereocenters. The molecule has 0 saturated heterocycles. The van der Waals surface area contributed by atoms with Crippen LogP contribution in [0.1, 0.15) is 31.5 Å². The van der Waals surface area contributed by atoms with Gasteiger partial charge < -0.3 is 0 Å². The van der Waals surface area contributed by atoms with Crippen LogP contribution < -0.4 is 4.72 Å². The zero-order valence-corrected chi connectivity index (χ0v) is 13.6. The van der Waals surface area contributed by atoms with Crippen molar-refractivity contribution in [2.75, 3.05) is 0 Å². The lowest BCUT2D eigenvalue weighted by Crippen LogP contribution is -2.32. The topological polar surface area (TPSA) is 87.7 Å². The fourth-order valence-corrected chi connectivity index (χ4v) is 4.50. The third-order valence-corrected chi connectivity index (χ3v) is 5.82. The van der Waals surface area contributed by atoms with Crippen molar-refractivity contribution in [1.29, 1.82) is 0 Å². The second-order valence-electron chi connectivity index (χ2n) is 4.68. The second-order valence-corrected chi connectivity index (χ2v) is 8.34. The molecule has 0 aliphatic rings. The van der Waals surface area contributed by atoms with E-state index in [2.05, 4.69) is 19.9 Å². The van der Waals surface area contributed by atoms with Gasteiger partial charge in [-0.3, -0.25) is 5.10 Å². The lowest BCUT2D eigenvalue weighted by atomic mass is 10.1. The Morgan fingerprint density at radius 1 is 1.40 bits per heavy atom. The molecule has 2 aromatic heterocycles. The minimum absolute atomic E-state index is 0.00964. The highest BCUT2D eigenvalue weighted by Crippen LogP contribution is 2.28. The van der Waals surface area contributed by atoms with Gasteiger partial charge in [0.05, 0.1) is 10.4 Å². The normalized spacial score (nSPS) is 13.8. The van der Waals surface area contributed by atoms with E-state index in [0.29, 0.717) is 16.0 Å². The minimum atomic E-state index is -3.63. The number of nitrogens with one attached hydrogen (secondary N) is 2. The lowest BCUT2D eigenvalue weighted by Gasteiger charge is -2.18. The summed E-state index contributed by atoms with van der Waals surface area (Å²) in [7, 11) is -3.63. The van der Waals surface area contributed by atoms with E-state index < -0.39 is 16.1 Å². The summed E-state index contributed by atoms with van der Waals surface area (Å²) in [4.78, 5) is 4.20. The summed E-state index contributed by atoms with van der Waals surface area (Å²) in [5.74, 6) is 1.09. The highest BCUT2D eigenvalue weighted by atomic mass is 35.5. The molecular formula is C11H15ClN4O2S2. The molecule has 2 aromatic rings. The summed E-state index contributed by atoms with van der Waals surface area (Å²) in [5, 5.41) is 6.75. The molecule has 110 valence electrons. The van der Waals surface area contributed by atoms with Crippen molar-refractivity contribution in [3.63, 3.8) is 0 Å². The minimum Gasteiger partial charge on any atom is -0.263 e. The molecular weight excluding hydrogens is 320 g/mol. The van der Waals surface area contributed by atoms with Gasteiger partial charge in [-0.05, 0) is 25.0 Å². The van der Waals surface area contributed by atoms with E-state index in [9.17, 15) is 8.42 Å². The average Bonchev–Trinajstić information content (AvgIpc) is 2.95. The number of thiophene rings is 1. The number of rotatable bonds is 5. The standard InChI is InChI=1S/C11H15ClN4O2S2/c1-6(2)10(11-13-7(3)14-15-11)16-20(17,18)9-5-4-8(12)19-9/h4-6,10,16H,1-3H3,(H,13,14,15). The van der Waals surface area contributed by atoms with Crippen molar-refractivity contribution in [2.45, 2.75) is 31.0 Å². The van der Waals surface area contributed by atoms with Crippen LogP contribution in [0, 0.1) is 12.8 Å². The average molecular weight is 335 g/mol. The number of aryl methyl sites for hydroxylation is 1. The molecule has 20 heavy (non-hydrogen) atoms. The molecule has 2 rings (SSSR count). The van der Waals surface area contributed by atoms with Crippen molar-refractivity contribution in [1.82, 2.24) is 19.9 Å². The lowest BCUT2D eigenvalue weighted by molar-refractivity contribution is 0.445. The number of hydrogen-bond acceptors (Lipinski definition) is 5. The zero-order valence-electron chi connectivity index (χ0n) is 11.2. The maximum absolute atomic E-state index is 12.3. The monoisotopic (exact) mass is 334 g/mol. The van der Waals surface area contributed by atoms with E-state index in [-0.39, 0.29) is 10.1 Å². The summed E-state index contributed by atoms with van der Waals surface area (Å²) < 4.78 is 27.9. The Balaban J connectivity index is 2.29. The summed E-state index contributed by atoms with van der Waals surface area (Å²) in [6, 6.07) is 2.55. The van der Waals surface area contributed by atoms with Crippen molar-refractivity contribution in [3.05, 3.63) is 28.1 Å². The molecule has 2 heterocycles. The van der Waals surface area contributed by atoms with Crippen LogP contribution in [-0.2, 0) is 10.0 Å². The Labute approximate surface area is 126 Å². The number of halogens is 1. The van der Waals surface area contributed by atoms with Gasteiger partial charge in [0, 0.05) is 0 Å². The second kappa shape index (κ2) is 5.80. The fraction of sp³-hybridized carbons (Fsp3) is 0.455. The van der Waals surface area contributed by atoms with Crippen molar-refractivity contribution < 1.29 is 8.42 Å². The van der Waals surface area contributed by atoms with E-state index in [0.717, 1.165) is 11.3 Å². The van der Waals surface area contributed by atoms with Crippen LogP contribution >= 0.6 is 22.9 Å². The van der Waals surface area contributed by atoms with Crippen LogP contribution in [0.5, 0.6) is 0 Å². The summed E-state index contributed by atoms with van der Waals surface area (Å²) in [6.07, 6.45) is 0. The number of sulfonamides is 1. The Morgan fingerprint density at radius 3 is 2.55 bits per heavy atom. The van der Waals surface area contributed by atoms with Gasteiger partial charge in [0.2, 0.25) is 0 Å². The van der Waals surface area contributed by atoms with E-state index in [4.69, 9.17) is 11.6 Å². The van der Waals surface area contributed by atoms with E-state index in [1.54, 1.807) is 13.0 Å². The summed E-state index contributed by atoms with van der Waals surface area (Å²) in [5.41, 5.74) is 0. The molecule has 1 unspecified atom stereocenters. The molecule has 0 aliphatic heterocycles. The maximum atomic E-state index is 12.3. The van der Waals surface area contributed by atoms with Crippen LogP contribution in [-0.4, -0.2) is 23.6 Å². The predicted molar refractivity (Wildman–Crippen MR) is 78.3 cm³/mol. The SMILES string of the molecule is Cc1nc(C(NS(=O)(=O)c2ccc(Cl)s2)C(C)C)n[nH]1. The highest BCUT2D eigenvalue weighted by Gasteiger charge is 2.27. The molecule has 0 spiro atoms. The summed E-state index contributed by atoms with van der Waals surface area (Å²) in [6.45, 7) is 5.57. The van der Waals surface area contributed by atoms with E-state index >= 15 is 0 Å². The Bertz CT molecular complexity index is 693. The van der Waals surface area contributed by atoms with Gasteiger partial charge in [-0.2, -0.15) is 9.82 Å². The predicted octanol–water partition coefficient (Wildman–Crippen LogP) is 2.50. The Kier molecular flexibility index (Phi) is 4.48. The van der Waals surface area contributed by atoms with Gasteiger partial charge >= 0.3 is 0 Å². The first-order valence-electron chi connectivity index (χ1n) is 5.96. The van der Waals surface area contributed by atoms with E-state index in [1.807, 2.05) is 13.8 Å². The molecule has 0 saturated carbocycles. The number of aromatic nitrogens is 3. The molecule has 0 aliphatic carbocycles. The van der Waals surface area contributed by atoms with E-state index in [1.165, 1.54) is 6.07 Å². The first-order chi connectivity index (χ1) is 9.29. The number of hydrogen-bond donors (Lipinski definition) is 2. The number of aromatic amines is 1. The first-order valence-corrected chi connectivity index (χ1v) is 8.64. The largest absolute Gasteiger partial charge is 0.263 e. The van der Waals surface area contributed by atoms with Gasteiger partial charge in [0.1, 0.15) is 10.0 Å². The summed E-state index contributed by atoms with van der Waals surface area (Å²) >= 11 is 6.80.